The maximum atomic E-state index is 12.4. The molecule has 0 saturated carbocycles. The molecule has 2 heterocycles. The summed E-state index contributed by atoms with van der Waals surface area (Å²) in [6, 6.07) is 15.5. The molecule has 134 valence electrons. The van der Waals surface area contributed by atoms with Crippen molar-refractivity contribution in [1.29, 1.82) is 0 Å². The number of nitrogens with one attached hydrogen (secondary N) is 1. The molecule has 4 rings (SSSR count). The molecular formula is C20H17N5OS. The second kappa shape index (κ2) is 7.51. The Hall–Kier alpha value is -3.32. The summed E-state index contributed by atoms with van der Waals surface area (Å²) in [5.74, 6) is -0.198. The molecule has 0 bridgehead atoms. The molecule has 0 aliphatic heterocycles. The van der Waals surface area contributed by atoms with Crippen molar-refractivity contribution in [1.82, 2.24) is 19.7 Å². The van der Waals surface area contributed by atoms with Crippen molar-refractivity contribution >= 4 is 22.4 Å². The normalized spacial score (nSPS) is 10.7. The van der Waals surface area contributed by atoms with Gasteiger partial charge in [-0.05, 0) is 24.6 Å². The first-order chi connectivity index (χ1) is 13.2. The zero-order valence-corrected chi connectivity index (χ0v) is 15.5. The molecule has 2 aromatic carbocycles. The van der Waals surface area contributed by atoms with E-state index in [9.17, 15) is 4.79 Å². The van der Waals surface area contributed by atoms with Gasteiger partial charge in [0.1, 0.15) is 5.01 Å². The summed E-state index contributed by atoms with van der Waals surface area (Å²) in [5, 5.41) is 12.3. The molecule has 0 saturated heterocycles. The van der Waals surface area contributed by atoms with Crippen LogP contribution in [0.5, 0.6) is 0 Å². The van der Waals surface area contributed by atoms with Crippen LogP contribution in [0.15, 0.2) is 67.3 Å². The number of nitrogens with zero attached hydrogens (tertiary/aromatic N) is 4. The van der Waals surface area contributed by atoms with E-state index in [-0.39, 0.29) is 5.91 Å². The summed E-state index contributed by atoms with van der Waals surface area (Å²) < 4.78 is 1.98. The fourth-order valence-electron chi connectivity index (χ4n) is 2.61. The van der Waals surface area contributed by atoms with E-state index in [1.807, 2.05) is 66.2 Å². The van der Waals surface area contributed by atoms with Crippen molar-refractivity contribution in [3.05, 3.63) is 83.9 Å². The van der Waals surface area contributed by atoms with Crippen LogP contribution in [0.25, 0.3) is 10.6 Å². The van der Waals surface area contributed by atoms with Gasteiger partial charge in [0.15, 0.2) is 0 Å². The van der Waals surface area contributed by atoms with E-state index in [1.54, 1.807) is 12.5 Å². The second-order valence-electron chi connectivity index (χ2n) is 6.16. The molecule has 0 aliphatic carbocycles. The second-order valence-corrected chi connectivity index (χ2v) is 7.14. The van der Waals surface area contributed by atoms with Crippen molar-refractivity contribution in [3.63, 3.8) is 0 Å². The van der Waals surface area contributed by atoms with Crippen LogP contribution in [0, 0.1) is 6.92 Å². The molecule has 1 amide bonds. The molecule has 0 spiro atoms. The van der Waals surface area contributed by atoms with Gasteiger partial charge < -0.3 is 4.57 Å². The quantitative estimate of drug-likeness (QED) is 0.572. The predicted molar refractivity (Wildman–Crippen MR) is 106 cm³/mol. The van der Waals surface area contributed by atoms with Gasteiger partial charge in [0.25, 0.3) is 5.91 Å². The highest BCUT2D eigenvalue weighted by atomic mass is 32.1. The van der Waals surface area contributed by atoms with Crippen LogP contribution < -0.4 is 5.32 Å². The molecule has 27 heavy (non-hydrogen) atoms. The van der Waals surface area contributed by atoms with E-state index in [4.69, 9.17) is 0 Å². The zero-order chi connectivity index (χ0) is 18.6. The van der Waals surface area contributed by atoms with E-state index in [0.29, 0.717) is 10.7 Å². The van der Waals surface area contributed by atoms with Crippen LogP contribution in [-0.2, 0) is 6.54 Å². The van der Waals surface area contributed by atoms with E-state index < -0.39 is 0 Å². The summed E-state index contributed by atoms with van der Waals surface area (Å²) in [6.07, 6.45) is 5.41. The average Bonchev–Trinajstić information content (AvgIpc) is 3.35. The molecule has 0 unspecified atom stereocenters. The fraction of sp³-hybridized carbons (Fsp3) is 0.100. The van der Waals surface area contributed by atoms with Crippen LogP contribution in [0.1, 0.15) is 21.5 Å². The topological polar surface area (TPSA) is 72.7 Å². The highest BCUT2D eigenvalue weighted by molar-refractivity contribution is 7.18. The summed E-state index contributed by atoms with van der Waals surface area (Å²) in [6.45, 7) is 2.76. The molecule has 2 aromatic heterocycles. The minimum absolute atomic E-state index is 0.198. The van der Waals surface area contributed by atoms with Crippen molar-refractivity contribution in [2.24, 2.45) is 0 Å². The number of rotatable bonds is 5. The summed E-state index contributed by atoms with van der Waals surface area (Å²) in [4.78, 5) is 16.5. The lowest BCUT2D eigenvalue weighted by Gasteiger charge is -2.05. The third kappa shape index (κ3) is 4.09. The molecular weight excluding hydrogens is 358 g/mol. The number of benzene rings is 2. The standard InChI is InChI=1S/C20H17N5OS/c1-14-2-6-17(7-3-14)19-23-24-20(27-19)22-18(26)16-8-4-15(5-9-16)12-25-11-10-21-13-25/h2-11,13H,12H2,1H3,(H,22,24,26). The van der Waals surface area contributed by atoms with Crippen LogP contribution in [0.3, 0.4) is 0 Å². The Morgan fingerprint density at radius 3 is 2.56 bits per heavy atom. The number of carbonyl (C=O) groups excluding carboxylic acids is 1. The van der Waals surface area contributed by atoms with Gasteiger partial charge in [0.05, 0.1) is 6.33 Å². The Kier molecular flexibility index (Phi) is 4.76. The van der Waals surface area contributed by atoms with E-state index in [0.717, 1.165) is 22.7 Å². The van der Waals surface area contributed by atoms with Crippen molar-refractivity contribution < 1.29 is 4.79 Å². The highest BCUT2D eigenvalue weighted by Gasteiger charge is 2.11. The number of imidazole rings is 1. The minimum Gasteiger partial charge on any atom is -0.333 e. The largest absolute Gasteiger partial charge is 0.333 e. The maximum Gasteiger partial charge on any atom is 0.257 e. The van der Waals surface area contributed by atoms with Gasteiger partial charge in [-0.2, -0.15) is 0 Å². The molecule has 7 heteroatoms. The lowest BCUT2D eigenvalue weighted by Crippen LogP contribution is -2.11. The molecule has 0 atom stereocenters. The first-order valence-corrected chi connectivity index (χ1v) is 9.25. The Morgan fingerprint density at radius 1 is 1.07 bits per heavy atom. The molecule has 1 N–H and O–H groups in total. The number of hydrogen-bond donors (Lipinski definition) is 1. The van der Waals surface area contributed by atoms with Crippen molar-refractivity contribution in [3.8, 4) is 10.6 Å². The lowest BCUT2D eigenvalue weighted by molar-refractivity contribution is 0.102. The van der Waals surface area contributed by atoms with E-state index in [2.05, 4.69) is 20.5 Å². The molecule has 0 aliphatic rings. The summed E-state index contributed by atoms with van der Waals surface area (Å²) in [5.41, 5.74) is 3.86. The Balaban J connectivity index is 1.42. The average molecular weight is 375 g/mol. The zero-order valence-electron chi connectivity index (χ0n) is 14.7. The first-order valence-electron chi connectivity index (χ1n) is 8.44. The molecule has 0 radical (unpaired) electrons. The third-order valence-corrected chi connectivity index (χ3v) is 4.97. The van der Waals surface area contributed by atoms with Gasteiger partial charge in [-0.3, -0.25) is 10.1 Å². The number of amides is 1. The smallest absolute Gasteiger partial charge is 0.257 e. The fourth-order valence-corrected chi connectivity index (χ4v) is 3.35. The summed E-state index contributed by atoms with van der Waals surface area (Å²) >= 11 is 1.36. The predicted octanol–water partition coefficient (Wildman–Crippen LogP) is 4.01. The Morgan fingerprint density at radius 2 is 1.85 bits per heavy atom. The summed E-state index contributed by atoms with van der Waals surface area (Å²) in [7, 11) is 0. The minimum atomic E-state index is -0.198. The van der Waals surface area contributed by atoms with Crippen LogP contribution >= 0.6 is 11.3 Å². The van der Waals surface area contributed by atoms with Crippen LogP contribution in [0.2, 0.25) is 0 Å². The SMILES string of the molecule is Cc1ccc(-c2nnc(NC(=O)c3ccc(Cn4ccnc4)cc3)s2)cc1. The van der Waals surface area contributed by atoms with Gasteiger partial charge in [0, 0.05) is 30.1 Å². The van der Waals surface area contributed by atoms with Gasteiger partial charge in [-0.25, -0.2) is 4.98 Å². The van der Waals surface area contributed by atoms with Crippen LogP contribution in [-0.4, -0.2) is 25.7 Å². The number of aryl methyl sites for hydroxylation is 1. The lowest BCUT2D eigenvalue weighted by atomic mass is 10.1. The number of anilines is 1. The van der Waals surface area contributed by atoms with Gasteiger partial charge in [-0.1, -0.05) is 53.3 Å². The third-order valence-electron chi connectivity index (χ3n) is 4.08. The van der Waals surface area contributed by atoms with Gasteiger partial charge in [0.2, 0.25) is 5.13 Å². The molecule has 4 aromatic rings. The van der Waals surface area contributed by atoms with E-state index in [1.165, 1.54) is 16.9 Å². The number of carbonyl (C=O) groups is 1. The molecule has 6 nitrogen and oxygen atoms in total. The van der Waals surface area contributed by atoms with Crippen molar-refractivity contribution in [2.75, 3.05) is 5.32 Å². The monoisotopic (exact) mass is 375 g/mol. The Bertz CT molecular complexity index is 1040. The van der Waals surface area contributed by atoms with Gasteiger partial charge in [-0.15, -0.1) is 10.2 Å². The van der Waals surface area contributed by atoms with Crippen LogP contribution in [0.4, 0.5) is 5.13 Å². The first kappa shape index (κ1) is 17.1. The highest BCUT2D eigenvalue weighted by Crippen LogP contribution is 2.26. The number of hydrogen-bond acceptors (Lipinski definition) is 5. The Labute approximate surface area is 160 Å². The van der Waals surface area contributed by atoms with E-state index >= 15 is 0 Å². The maximum absolute atomic E-state index is 12.4. The number of aromatic nitrogens is 4. The van der Waals surface area contributed by atoms with Gasteiger partial charge >= 0.3 is 0 Å². The molecule has 0 fully saturated rings. The van der Waals surface area contributed by atoms with Crippen molar-refractivity contribution in [2.45, 2.75) is 13.5 Å².